The first-order valence-corrected chi connectivity index (χ1v) is 6.93. The molecule has 0 aliphatic heterocycles. The van der Waals surface area contributed by atoms with E-state index in [0.717, 1.165) is 6.07 Å². The van der Waals surface area contributed by atoms with Gasteiger partial charge in [-0.05, 0) is 40.2 Å². The third kappa shape index (κ3) is 3.28. The van der Waals surface area contributed by atoms with Crippen molar-refractivity contribution >= 4 is 39.1 Å². The molecule has 0 heterocycles. The van der Waals surface area contributed by atoms with Crippen molar-refractivity contribution in [2.45, 2.75) is 0 Å². The summed E-state index contributed by atoms with van der Waals surface area (Å²) < 4.78 is 18.4. The molecule has 1 amide bonds. The van der Waals surface area contributed by atoms with E-state index in [2.05, 4.69) is 21.2 Å². The van der Waals surface area contributed by atoms with E-state index in [9.17, 15) is 14.3 Å². The van der Waals surface area contributed by atoms with Crippen LogP contribution in [0, 0.1) is 5.82 Å². The van der Waals surface area contributed by atoms with Gasteiger partial charge in [0.2, 0.25) is 0 Å². The van der Waals surface area contributed by atoms with Crippen molar-refractivity contribution in [2.75, 3.05) is 12.4 Å². The number of amides is 1. The molecule has 4 nitrogen and oxygen atoms in total. The van der Waals surface area contributed by atoms with Gasteiger partial charge >= 0.3 is 0 Å². The molecule has 0 fully saturated rings. The van der Waals surface area contributed by atoms with Crippen LogP contribution in [0.15, 0.2) is 34.8 Å². The Morgan fingerprint density at radius 3 is 2.76 bits per heavy atom. The van der Waals surface area contributed by atoms with Crippen molar-refractivity contribution in [2.24, 2.45) is 0 Å². The Morgan fingerprint density at radius 1 is 1.43 bits per heavy atom. The lowest BCUT2D eigenvalue weighted by molar-refractivity contribution is 0.102. The first-order chi connectivity index (χ1) is 9.93. The van der Waals surface area contributed by atoms with Crippen LogP contribution in [0.5, 0.6) is 11.5 Å². The molecule has 2 N–H and O–H groups in total. The fraction of sp³-hybridized carbons (Fsp3) is 0.0714. The number of anilines is 1. The molecule has 0 aromatic heterocycles. The zero-order chi connectivity index (χ0) is 15.6. The number of methoxy groups -OCH3 is 1. The van der Waals surface area contributed by atoms with Gasteiger partial charge in [-0.2, -0.15) is 0 Å². The number of rotatable bonds is 3. The second-order valence-corrected chi connectivity index (χ2v) is 5.32. The molecule has 2 rings (SSSR count). The fourth-order valence-corrected chi connectivity index (χ4v) is 2.61. The van der Waals surface area contributed by atoms with Gasteiger partial charge in [-0.25, -0.2) is 4.39 Å². The molecule has 0 spiro atoms. The van der Waals surface area contributed by atoms with Crippen molar-refractivity contribution < 1.29 is 19.0 Å². The average molecular weight is 375 g/mol. The first-order valence-electron chi connectivity index (χ1n) is 5.76. The van der Waals surface area contributed by atoms with Gasteiger partial charge in [0.25, 0.3) is 5.91 Å². The van der Waals surface area contributed by atoms with Gasteiger partial charge in [0.15, 0.2) is 11.5 Å². The Balaban J connectivity index is 2.35. The highest BCUT2D eigenvalue weighted by Gasteiger charge is 2.17. The SMILES string of the molecule is COc1cccc(C(=O)Nc2c(Cl)cc(F)cc2Br)c1O. The Labute approximate surface area is 133 Å². The number of hydrogen-bond donors (Lipinski definition) is 2. The summed E-state index contributed by atoms with van der Waals surface area (Å²) in [6.45, 7) is 0. The maximum atomic E-state index is 13.1. The standard InChI is InChI=1S/C14H10BrClFNO3/c1-21-11-4-2-3-8(13(11)19)14(20)18-12-9(15)5-7(17)6-10(12)16/h2-6,19H,1H3,(H,18,20). The number of benzene rings is 2. The lowest BCUT2D eigenvalue weighted by atomic mass is 10.1. The summed E-state index contributed by atoms with van der Waals surface area (Å²) >= 11 is 9.01. The van der Waals surface area contributed by atoms with Crippen LogP contribution < -0.4 is 10.1 Å². The molecule has 0 saturated heterocycles. The summed E-state index contributed by atoms with van der Waals surface area (Å²) in [6, 6.07) is 6.76. The normalized spacial score (nSPS) is 10.3. The highest BCUT2D eigenvalue weighted by molar-refractivity contribution is 9.10. The highest BCUT2D eigenvalue weighted by Crippen LogP contribution is 2.34. The van der Waals surface area contributed by atoms with Crippen LogP contribution in [0.2, 0.25) is 5.02 Å². The van der Waals surface area contributed by atoms with Crippen molar-refractivity contribution in [1.82, 2.24) is 0 Å². The summed E-state index contributed by atoms with van der Waals surface area (Å²) in [5, 5.41) is 12.5. The molecule has 7 heteroatoms. The lowest BCUT2D eigenvalue weighted by Crippen LogP contribution is -2.13. The molecule has 0 aliphatic rings. The topological polar surface area (TPSA) is 58.6 Å². The Morgan fingerprint density at radius 2 is 2.14 bits per heavy atom. The van der Waals surface area contributed by atoms with Crippen LogP contribution in [-0.4, -0.2) is 18.1 Å². The van der Waals surface area contributed by atoms with Crippen LogP contribution in [0.3, 0.4) is 0 Å². The molecule has 0 bridgehead atoms. The molecule has 110 valence electrons. The number of aromatic hydroxyl groups is 1. The van der Waals surface area contributed by atoms with Crippen molar-refractivity contribution in [3.05, 3.63) is 51.2 Å². The van der Waals surface area contributed by atoms with Gasteiger partial charge in [0, 0.05) is 4.47 Å². The molecule has 2 aromatic carbocycles. The average Bonchev–Trinajstić information content (AvgIpc) is 2.42. The number of phenols is 1. The number of halogens is 3. The third-order valence-electron chi connectivity index (χ3n) is 2.71. The van der Waals surface area contributed by atoms with Gasteiger partial charge in [-0.1, -0.05) is 17.7 Å². The van der Waals surface area contributed by atoms with E-state index < -0.39 is 11.7 Å². The monoisotopic (exact) mass is 373 g/mol. The highest BCUT2D eigenvalue weighted by atomic mass is 79.9. The van der Waals surface area contributed by atoms with Crippen LogP contribution in [-0.2, 0) is 0 Å². The largest absolute Gasteiger partial charge is 0.504 e. The number of carbonyl (C=O) groups excluding carboxylic acids is 1. The second-order valence-electron chi connectivity index (χ2n) is 4.05. The summed E-state index contributed by atoms with van der Waals surface area (Å²) in [7, 11) is 1.38. The molecular weight excluding hydrogens is 365 g/mol. The van der Waals surface area contributed by atoms with E-state index >= 15 is 0 Å². The molecule has 0 radical (unpaired) electrons. The van der Waals surface area contributed by atoms with E-state index in [0.29, 0.717) is 4.47 Å². The zero-order valence-corrected chi connectivity index (χ0v) is 13.1. The van der Waals surface area contributed by atoms with Crippen molar-refractivity contribution in [3.63, 3.8) is 0 Å². The third-order valence-corrected chi connectivity index (χ3v) is 3.63. The van der Waals surface area contributed by atoms with Crippen LogP contribution in [0.1, 0.15) is 10.4 Å². The van der Waals surface area contributed by atoms with Crippen LogP contribution in [0.25, 0.3) is 0 Å². The number of carbonyl (C=O) groups is 1. The smallest absolute Gasteiger partial charge is 0.259 e. The summed E-state index contributed by atoms with van der Waals surface area (Å²) in [4.78, 5) is 12.2. The van der Waals surface area contributed by atoms with Crippen LogP contribution in [0.4, 0.5) is 10.1 Å². The number of nitrogens with one attached hydrogen (secondary N) is 1. The minimum Gasteiger partial charge on any atom is -0.504 e. The van der Waals surface area contributed by atoms with E-state index in [1.54, 1.807) is 6.07 Å². The van der Waals surface area contributed by atoms with Crippen LogP contribution >= 0.6 is 27.5 Å². The molecule has 0 atom stereocenters. The number of phenolic OH excluding ortho intramolecular Hbond substituents is 1. The number of para-hydroxylation sites is 1. The van der Waals surface area contributed by atoms with Crippen molar-refractivity contribution in [3.8, 4) is 11.5 Å². The maximum absolute atomic E-state index is 13.1. The number of hydrogen-bond acceptors (Lipinski definition) is 3. The molecule has 0 unspecified atom stereocenters. The predicted molar refractivity (Wildman–Crippen MR) is 81.7 cm³/mol. The van der Waals surface area contributed by atoms with Gasteiger partial charge in [0.1, 0.15) is 5.82 Å². The predicted octanol–water partition coefficient (Wildman–Crippen LogP) is 4.21. The van der Waals surface area contributed by atoms with Gasteiger partial charge in [0.05, 0.1) is 23.4 Å². The molecular formula is C14H10BrClFNO3. The van der Waals surface area contributed by atoms with Gasteiger partial charge < -0.3 is 15.2 Å². The molecule has 0 aliphatic carbocycles. The molecule has 21 heavy (non-hydrogen) atoms. The van der Waals surface area contributed by atoms with E-state index in [1.165, 1.54) is 25.3 Å². The van der Waals surface area contributed by atoms with E-state index in [4.69, 9.17) is 16.3 Å². The first kappa shape index (κ1) is 15.6. The Kier molecular flexibility index (Phi) is 4.69. The Bertz CT molecular complexity index is 686. The summed E-state index contributed by atoms with van der Waals surface area (Å²) in [5.41, 5.74) is 0.229. The number of ether oxygens (including phenoxy) is 1. The van der Waals surface area contributed by atoms with E-state index in [-0.39, 0.29) is 27.8 Å². The molecule has 0 saturated carbocycles. The van der Waals surface area contributed by atoms with E-state index in [1.807, 2.05) is 0 Å². The minimum absolute atomic E-state index is 0.0154. The zero-order valence-electron chi connectivity index (χ0n) is 10.8. The van der Waals surface area contributed by atoms with Gasteiger partial charge in [-0.15, -0.1) is 0 Å². The maximum Gasteiger partial charge on any atom is 0.259 e. The fourth-order valence-electron chi connectivity index (χ4n) is 1.71. The lowest BCUT2D eigenvalue weighted by Gasteiger charge is -2.12. The Hall–Kier alpha value is -1.79. The van der Waals surface area contributed by atoms with Gasteiger partial charge in [-0.3, -0.25) is 4.79 Å². The quantitative estimate of drug-likeness (QED) is 0.846. The summed E-state index contributed by atoms with van der Waals surface area (Å²) in [6.07, 6.45) is 0. The summed E-state index contributed by atoms with van der Waals surface area (Å²) in [5.74, 6) is -1.24. The minimum atomic E-state index is -0.597. The molecule has 2 aromatic rings. The second kappa shape index (κ2) is 6.32. The van der Waals surface area contributed by atoms with Crippen molar-refractivity contribution in [1.29, 1.82) is 0 Å².